The molecule has 0 unspecified atom stereocenters. The van der Waals surface area contributed by atoms with E-state index in [0.29, 0.717) is 0 Å². The Morgan fingerprint density at radius 1 is 0.818 bits per heavy atom. The van der Waals surface area contributed by atoms with Crippen LogP contribution >= 0.6 is 0 Å². The topological polar surface area (TPSA) is 54.4 Å². The van der Waals surface area contributed by atoms with Crippen molar-refractivity contribution in [3.63, 3.8) is 0 Å². The Labute approximate surface area is 143 Å². The Balaban J connectivity index is 0.000000344. The van der Waals surface area contributed by atoms with Crippen molar-refractivity contribution in [1.82, 2.24) is 0 Å². The molecule has 3 nitrogen and oxygen atoms in total. The van der Waals surface area contributed by atoms with Crippen LogP contribution < -0.4 is 0 Å². The van der Waals surface area contributed by atoms with E-state index in [1.165, 1.54) is 25.0 Å². The first-order valence-electron chi connectivity index (χ1n) is 6.45. The molecule has 4 heteroatoms. The molecular formula is C18H14FeO3+2. The van der Waals surface area contributed by atoms with Gasteiger partial charge in [0, 0.05) is 6.42 Å². The number of carbonyl (C=O) groups excluding carboxylic acids is 2. The summed E-state index contributed by atoms with van der Waals surface area (Å²) in [6.07, 6.45) is 16.0. The molecule has 3 rings (SSSR count). The van der Waals surface area contributed by atoms with E-state index in [1.54, 1.807) is 25.0 Å². The largest absolute Gasteiger partial charge is 2.00 e. The first-order chi connectivity index (χ1) is 10.2. The van der Waals surface area contributed by atoms with Crippen LogP contribution in [0.5, 0.6) is 5.75 Å². The summed E-state index contributed by atoms with van der Waals surface area (Å²) in [5, 5.41) is 9.51. The summed E-state index contributed by atoms with van der Waals surface area (Å²) in [4.78, 5) is 23.4. The van der Waals surface area contributed by atoms with Crippen LogP contribution in [0.3, 0.4) is 0 Å². The molecule has 0 aliphatic heterocycles. The number of rotatable bonds is 2. The predicted octanol–water partition coefficient (Wildman–Crippen LogP) is 2.57. The van der Waals surface area contributed by atoms with Crippen molar-refractivity contribution < 1.29 is 31.8 Å². The standard InChI is InChI=1S/C13H9O3.C5H5.Fe/c14-11-7-3-1-5-9(11)13(16)10-6-2-4-8-12(10)15;1-2-4-5-3-1;/h1-8,14H;1-5H;/q;;+2. The molecule has 1 aromatic rings. The first-order valence-corrected chi connectivity index (χ1v) is 6.45. The van der Waals surface area contributed by atoms with Crippen LogP contribution in [0, 0.1) is 63.7 Å². The van der Waals surface area contributed by atoms with E-state index >= 15 is 0 Å². The maximum absolute atomic E-state index is 11.9. The zero-order valence-corrected chi connectivity index (χ0v) is 12.7. The normalized spacial score (nSPS) is 18.1. The SMILES string of the molecule is O=C1[CH][CH][CH][CH][C]1C(=O)c1ccccc1O.[CH]1[CH][CH][CH][CH]1.[Fe+2]. The number of aromatic hydroxyl groups is 1. The summed E-state index contributed by atoms with van der Waals surface area (Å²) in [5.41, 5.74) is 0.144. The molecule has 0 amide bonds. The molecule has 2 aliphatic carbocycles. The molecule has 2 fully saturated rings. The van der Waals surface area contributed by atoms with Crippen LogP contribution in [0.15, 0.2) is 24.3 Å². The van der Waals surface area contributed by atoms with Gasteiger partial charge in [-0.2, -0.15) is 0 Å². The number of para-hydroxylation sites is 1. The second-order valence-corrected chi connectivity index (χ2v) is 4.30. The van der Waals surface area contributed by atoms with E-state index in [4.69, 9.17) is 0 Å². The van der Waals surface area contributed by atoms with Gasteiger partial charge < -0.3 is 5.11 Å². The smallest absolute Gasteiger partial charge is 0.507 e. The quantitative estimate of drug-likeness (QED) is 0.668. The van der Waals surface area contributed by atoms with Gasteiger partial charge in [-0.1, -0.05) is 12.1 Å². The zero-order chi connectivity index (χ0) is 15.1. The average Bonchev–Trinajstić information content (AvgIpc) is 3.07. The molecule has 0 bridgehead atoms. The molecule has 0 aromatic heterocycles. The van der Waals surface area contributed by atoms with Crippen molar-refractivity contribution in [2.24, 2.45) is 0 Å². The fraction of sp³-hybridized carbons (Fsp3) is 0. The average molecular weight is 334 g/mol. The van der Waals surface area contributed by atoms with Crippen LogP contribution in [0.1, 0.15) is 10.4 Å². The summed E-state index contributed by atoms with van der Waals surface area (Å²) >= 11 is 0. The second kappa shape index (κ2) is 9.81. The zero-order valence-electron chi connectivity index (χ0n) is 11.6. The maximum Gasteiger partial charge on any atom is 2.00 e. The van der Waals surface area contributed by atoms with E-state index in [2.05, 4.69) is 0 Å². The van der Waals surface area contributed by atoms with Crippen LogP contribution in [0.2, 0.25) is 0 Å². The summed E-state index contributed by atoms with van der Waals surface area (Å²) in [7, 11) is 0. The van der Waals surface area contributed by atoms with Crippen LogP contribution in [0.25, 0.3) is 0 Å². The third kappa shape index (κ3) is 5.26. The third-order valence-electron chi connectivity index (χ3n) is 2.84. The van der Waals surface area contributed by atoms with Crippen molar-refractivity contribution in [3.8, 4) is 5.75 Å². The molecule has 0 saturated heterocycles. The van der Waals surface area contributed by atoms with Crippen molar-refractivity contribution in [2.45, 2.75) is 0 Å². The number of benzene rings is 1. The molecule has 110 valence electrons. The Hall–Kier alpha value is -1.12. The molecule has 0 heterocycles. The minimum atomic E-state index is -0.455. The molecule has 2 aliphatic rings. The van der Waals surface area contributed by atoms with Gasteiger partial charge in [0.05, 0.1) is 5.56 Å². The van der Waals surface area contributed by atoms with E-state index in [-0.39, 0.29) is 40.1 Å². The minimum absolute atomic E-state index is 0. The van der Waals surface area contributed by atoms with E-state index in [1.807, 2.05) is 32.1 Å². The van der Waals surface area contributed by atoms with Crippen LogP contribution in [-0.2, 0) is 21.9 Å². The number of ketones is 2. The van der Waals surface area contributed by atoms with Gasteiger partial charge in [-0.3, -0.25) is 9.59 Å². The Morgan fingerprint density at radius 3 is 1.91 bits per heavy atom. The maximum atomic E-state index is 11.9. The molecule has 0 atom stereocenters. The fourth-order valence-corrected chi connectivity index (χ4v) is 1.79. The van der Waals surface area contributed by atoms with Gasteiger partial charge in [-0.25, -0.2) is 0 Å². The molecule has 1 aromatic carbocycles. The number of phenolic OH excluding ortho intramolecular Hbond substituents is 1. The summed E-state index contributed by atoms with van der Waals surface area (Å²) in [6, 6.07) is 6.17. The van der Waals surface area contributed by atoms with E-state index in [9.17, 15) is 14.7 Å². The molecule has 0 spiro atoms. The molecule has 10 radical (unpaired) electrons. The summed E-state index contributed by atoms with van der Waals surface area (Å²) in [6.45, 7) is 0. The number of hydrogen-bond donors (Lipinski definition) is 1. The summed E-state index contributed by atoms with van der Waals surface area (Å²) in [5.74, 6) is -0.834. The van der Waals surface area contributed by atoms with E-state index < -0.39 is 5.78 Å². The molecular weight excluding hydrogens is 320 g/mol. The monoisotopic (exact) mass is 334 g/mol. The predicted molar refractivity (Wildman–Crippen MR) is 79.4 cm³/mol. The van der Waals surface area contributed by atoms with Crippen molar-refractivity contribution >= 4 is 11.6 Å². The van der Waals surface area contributed by atoms with Crippen molar-refractivity contribution in [1.29, 1.82) is 0 Å². The van der Waals surface area contributed by atoms with Crippen molar-refractivity contribution in [2.75, 3.05) is 0 Å². The molecule has 1 N–H and O–H groups in total. The van der Waals surface area contributed by atoms with Gasteiger partial charge in [0.15, 0.2) is 11.6 Å². The number of Topliss-reactive ketones (excluding diaryl/α,β-unsaturated/α-hetero) is 2. The van der Waals surface area contributed by atoms with Gasteiger partial charge in [-0.15, -0.1) is 0 Å². The van der Waals surface area contributed by atoms with Crippen LogP contribution in [-0.4, -0.2) is 16.7 Å². The first kappa shape index (κ1) is 18.9. The number of hydrogen-bond acceptors (Lipinski definition) is 3. The van der Waals surface area contributed by atoms with Gasteiger partial charge >= 0.3 is 17.1 Å². The Kier molecular flexibility index (Phi) is 8.44. The molecule has 22 heavy (non-hydrogen) atoms. The fourth-order valence-electron chi connectivity index (χ4n) is 1.79. The third-order valence-corrected chi connectivity index (χ3v) is 2.84. The van der Waals surface area contributed by atoms with Gasteiger partial charge in [-0.05, 0) is 63.5 Å². The Bertz CT molecular complexity index is 487. The van der Waals surface area contributed by atoms with Gasteiger partial charge in [0.25, 0.3) is 0 Å². The number of phenols is 1. The minimum Gasteiger partial charge on any atom is -0.507 e. The molecule has 2 saturated carbocycles. The van der Waals surface area contributed by atoms with Gasteiger partial charge in [0.2, 0.25) is 0 Å². The second-order valence-electron chi connectivity index (χ2n) is 4.30. The van der Waals surface area contributed by atoms with Crippen LogP contribution in [0.4, 0.5) is 0 Å². The van der Waals surface area contributed by atoms with E-state index in [0.717, 1.165) is 0 Å². The van der Waals surface area contributed by atoms with Gasteiger partial charge in [0.1, 0.15) is 11.7 Å². The number of carbonyl (C=O) groups is 2. The van der Waals surface area contributed by atoms with Crippen molar-refractivity contribution in [3.05, 3.63) is 93.5 Å². The summed E-state index contributed by atoms with van der Waals surface area (Å²) < 4.78 is 0. The Morgan fingerprint density at radius 2 is 1.36 bits per heavy atom.